The molecule has 0 bridgehead atoms. The molecule has 3 rings (SSSR count). The second kappa shape index (κ2) is 4.01. The number of aromatic nitrogens is 1. The number of amides is 1. The third kappa shape index (κ3) is 1.81. The highest BCUT2D eigenvalue weighted by Gasteiger charge is 2.17. The number of ether oxygens (including phenoxy) is 2. The van der Waals surface area contributed by atoms with Crippen molar-refractivity contribution in [3.63, 3.8) is 0 Å². The lowest BCUT2D eigenvalue weighted by molar-refractivity contribution is -0.117. The van der Waals surface area contributed by atoms with Crippen molar-refractivity contribution in [3.05, 3.63) is 34.1 Å². The van der Waals surface area contributed by atoms with E-state index in [1.165, 1.54) is 4.57 Å². The van der Waals surface area contributed by atoms with E-state index in [0.717, 1.165) is 10.9 Å². The minimum Gasteiger partial charge on any atom is -0.454 e. The van der Waals surface area contributed by atoms with E-state index in [-0.39, 0.29) is 18.8 Å². The van der Waals surface area contributed by atoms with Crippen LogP contribution in [-0.4, -0.2) is 17.3 Å². The summed E-state index contributed by atoms with van der Waals surface area (Å²) < 4.78 is 12.1. The summed E-state index contributed by atoms with van der Waals surface area (Å²) in [7, 11) is 1.65. The van der Waals surface area contributed by atoms with Gasteiger partial charge in [-0.1, -0.05) is 0 Å². The molecule has 0 spiro atoms. The summed E-state index contributed by atoms with van der Waals surface area (Å²) in [5.74, 6) is 0.721. The largest absolute Gasteiger partial charge is 0.454 e. The molecule has 1 aliphatic rings. The van der Waals surface area contributed by atoms with Crippen LogP contribution in [0.15, 0.2) is 23.0 Å². The lowest BCUT2D eigenvalue weighted by Crippen LogP contribution is -2.25. The van der Waals surface area contributed by atoms with E-state index >= 15 is 0 Å². The van der Waals surface area contributed by atoms with Gasteiger partial charge in [-0.05, 0) is 12.1 Å². The van der Waals surface area contributed by atoms with Crippen LogP contribution in [0.2, 0.25) is 0 Å². The predicted molar refractivity (Wildman–Crippen MR) is 68.2 cm³/mol. The molecule has 0 fully saturated rings. The van der Waals surface area contributed by atoms with Crippen molar-refractivity contribution in [2.24, 2.45) is 12.8 Å². The number of fused-ring (bicyclic) bond motifs is 2. The fourth-order valence-corrected chi connectivity index (χ4v) is 2.24. The first-order valence-electron chi connectivity index (χ1n) is 5.77. The number of nitrogens with zero attached hydrogens (tertiary/aromatic N) is 1. The van der Waals surface area contributed by atoms with Crippen LogP contribution in [0.25, 0.3) is 10.9 Å². The molecule has 1 aromatic heterocycles. The molecule has 6 nitrogen and oxygen atoms in total. The number of aryl methyl sites for hydroxylation is 1. The Balaban J connectivity index is 2.28. The monoisotopic (exact) mass is 260 g/mol. The number of benzene rings is 1. The van der Waals surface area contributed by atoms with Crippen molar-refractivity contribution < 1.29 is 14.3 Å². The van der Waals surface area contributed by atoms with Crippen molar-refractivity contribution in [3.8, 4) is 11.5 Å². The molecule has 0 aliphatic carbocycles. The SMILES string of the molecule is Cn1c(=O)c(CC(N)=O)cc2cc3c(cc21)OCO3. The van der Waals surface area contributed by atoms with Crippen LogP contribution >= 0.6 is 0 Å². The van der Waals surface area contributed by atoms with Crippen LogP contribution in [0.5, 0.6) is 11.5 Å². The third-order valence-electron chi connectivity index (χ3n) is 3.16. The van der Waals surface area contributed by atoms with Crippen molar-refractivity contribution in [1.29, 1.82) is 0 Å². The average Bonchev–Trinajstić information content (AvgIpc) is 2.80. The molecule has 0 radical (unpaired) electrons. The number of pyridine rings is 1. The third-order valence-corrected chi connectivity index (χ3v) is 3.16. The highest BCUT2D eigenvalue weighted by Crippen LogP contribution is 2.35. The van der Waals surface area contributed by atoms with E-state index in [0.29, 0.717) is 17.1 Å². The van der Waals surface area contributed by atoms with Gasteiger partial charge in [-0.3, -0.25) is 9.59 Å². The molecule has 2 aromatic rings. The Bertz CT molecular complexity index is 748. The minimum absolute atomic E-state index is 0.0724. The van der Waals surface area contributed by atoms with E-state index < -0.39 is 5.91 Å². The van der Waals surface area contributed by atoms with Crippen molar-refractivity contribution in [1.82, 2.24) is 4.57 Å². The zero-order chi connectivity index (χ0) is 13.6. The van der Waals surface area contributed by atoms with Gasteiger partial charge in [-0.15, -0.1) is 0 Å². The van der Waals surface area contributed by atoms with Crippen LogP contribution in [0.3, 0.4) is 0 Å². The summed E-state index contributed by atoms with van der Waals surface area (Å²) >= 11 is 0. The Hall–Kier alpha value is -2.50. The summed E-state index contributed by atoms with van der Waals surface area (Å²) in [6.07, 6.45) is -0.0724. The summed E-state index contributed by atoms with van der Waals surface area (Å²) in [5.41, 5.74) is 6.02. The zero-order valence-electron chi connectivity index (χ0n) is 10.3. The number of primary amides is 1. The van der Waals surface area contributed by atoms with Gasteiger partial charge >= 0.3 is 0 Å². The van der Waals surface area contributed by atoms with Crippen molar-refractivity contribution in [2.75, 3.05) is 6.79 Å². The summed E-state index contributed by atoms with van der Waals surface area (Å²) in [5, 5.41) is 0.808. The maximum absolute atomic E-state index is 12.1. The lowest BCUT2D eigenvalue weighted by Gasteiger charge is -2.08. The highest BCUT2D eigenvalue weighted by atomic mass is 16.7. The van der Waals surface area contributed by atoms with E-state index in [9.17, 15) is 9.59 Å². The number of rotatable bonds is 2. The summed E-state index contributed by atoms with van der Waals surface area (Å²) in [6, 6.07) is 5.22. The first-order chi connectivity index (χ1) is 9.06. The number of nitrogens with two attached hydrogens (primary N) is 1. The molecule has 0 atom stereocenters. The Kier molecular flexibility index (Phi) is 2.45. The van der Waals surface area contributed by atoms with E-state index in [1.54, 1.807) is 25.2 Å². The molecule has 1 aliphatic heterocycles. The molecule has 0 saturated heterocycles. The molecule has 98 valence electrons. The second-order valence-electron chi connectivity index (χ2n) is 4.44. The highest BCUT2D eigenvalue weighted by molar-refractivity contribution is 5.85. The first kappa shape index (κ1) is 11.6. The second-order valence-corrected chi connectivity index (χ2v) is 4.44. The summed E-state index contributed by atoms with van der Waals surface area (Å²) in [6.45, 7) is 0.174. The van der Waals surface area contributed by atoms with Gasteiger partial charge in [0.2, 0.25) is 12.7 Å². The Morgan fingerprint density at radius 1 is 1.32 bits per heavy atom. The molecule has 0 saturated carbocycles. The van der Waals surface area contributed by atoms with Crippen LogP contribution < -0.4 is 20.8 Å². The van der Waals surface area contributed by atoms with Gasteiger partial charge in [-0.2, -0.15) is 0 Å². The standard InChI is InChI=1S/C13H12N2O4/c1-15-9-5-11-10(18-6-19-11)3-7(9)2-8(13(15)17)4-12(14)16/h2-3,5H,4,6H2,1H3,(H2,14,16). The number of carbonyl (C=O) groups is 1. The number of carbonyl (C=O) groups excluding carboxylic acids is 1. The molecule has 1 aromatic carbocycles. The molecule has 19 heavy (non-hydrogen) atoms. The smallest absolute Gasteiger partial charge is 0.254 e. The molecular formula is C13H12N2O4. The molecule has 2 N–H and O–H groups in total. The van der Waals surface area contributed by atoms with E-state index in [4.69, 9.17) is 15.2 Å². The Morgan fingerprint density at radius 2 is 2.00 bits per heavy atom. The molecular weight excluding hydrogens is 248 g/mol. The van der Waals surface area contributed by atoms with Gasteiger partial charge in [0.1, 0.15) is 0 Å². The quantitative estimate of drug-likeness (QED) is 0.841. The first-order valence-corrected chi connectivity index (χ1v) is 5.77. The van der Waals surface area contributed by atoms with Gasteiger partial charge in [0.05, 0.1) is 11.9 Å². The maximum Gasteiger partial charge on any atom is 0.254 e. The molecule has 6 heteroatoms. The average molecular weight is 260 g/mol. The maximum atomic E-state index is 12.1. The Labute approximate surface area is 108 Å². The van der Waals surface area contributed by atoms with Crippen molar-refractivity contribution in [2.45, 2.75) is 6.42 Å². The van der Waals surface area contributed by atoms with Crippen LogP contribution in [-0.2, 0) is 18.3 Å². The topological polar surface area (TPSA) is 83.6 Å². The van der Waals surface area contributed by atoms with Crippen molar-refractivity contribution >= 4 is 16.8 Å². The normalized spacial score (nSPS) is 12.9. The van der Waals surface area contributed by atoms with Crippen LogP contribution in [0, 0.1) is 0 Å². The van der Waals surface area contributed by atoms with Crippen LogP contribution in [0.1, 0.15) is 5.56 Å². The molecule has 0 unspecified atom stereocenters. The molecule has 2 heterocycles. The van der Waals surface area contributed by atoms with E-state index in [1.807, 2.05) is 0 Å². The lowest BCUT2D eigenvalue weighted by atomic mass is 10.1. The molecule has 1 amide bonds. The number of hydrogen-bond acceptors (Lipinski definition) is 4. The van der Waals surface area contributed by atoms with Gasteiger partial charge in [0.15, 0.2) is 11.5 Å². The van der Waals surface area contributed by atoms with Gasteiger partial charge < -0.3 is 19.8 Å². The predicted octanol–water partition coefficient (Wildman–Crippen LogP) is 0.295. The Morgan fingerprint density at radius 3 is 2.68 bits per heavy atom. The fourth-order valence-electron chi connectivity index (χ4n) is 2.24. The zero-order valence-corrected chi connectivity index (χ0v) is 10.3. The van der Waals surface area contributed by atoms with Crippen LogP contribution in [0.4, 0.5) is 0 Å². The van der Waals surface area contributed by atoms with Gasteiger partial charge in [0, 0.05) is 24.1 Å². The number of hydrogen-bond donors (Lipinski definition) is 1. The fraction of sp³-hybridized carbons (Fsp3) is 0.231. The minimum atomic E-state index is -0.530. The van der Waals surface area contributed by atoms with Gasteiger partial charge in [-0.25, -0.2) is 0 Å². The van der Waals surface area contributed by atoms with Gasteiger partial charge in [0.25, 0.3) is 5.56 Å². The van der Waals surface area contributed by atoms with E-state index in [2.05, 4.69) is 0 Å². The summed E-state index contributed by atoms with van der Waals surface area (Å²) in [4.78, 5) is 23.1.